The Morgan fingerprint density at radius 2 is 1.56 bits per heavy atom. The highest BCUT2D eigenvalue weighted by atomic mass is 16.7. The molecule has 1 amide bonds. The molecule has 5 unspecified atom stereocenters. The fourth-order valence-electron chi connectivity index (χ4n) is 5.31. The van der Waals surface area contributed by atoms with Crippen LogP contribution in [0.4, 0.5) is 5.69 Å². The Balaban J connectivity index is 1.39. The van der Waals surface area contributed by atoms with E-state index in [9.17, 15) is 9.90 Å². The number of aliphatic hydroxyl groups is 1. The van der Waals surface area contributed by atoms with Gasteiger partial charge >= 0.3 is 0 Å². The van der Waals surface area contributed by atoms with E-state index in [4.69, 9.17) is 9.47 Å². The van der Waals surface area contributed by atoms with Crippen LogP contribution in [-0.4, -0.2) is 35.6 Å². The molecular weight excluding hydrogens is 512 g/mol. The fourth-order valence-corrected chi connectivity index (χ4v) is 5.31. The molecule has 1 aliphatic rings. The molecule has 6 nitrogen and oxygen atoms in total. The third kappa shape index (κ3) is 6.92. The molecule has 0 aliphatic carbocycles. The van der Waals surface area contributed by atoms with Crippen LogP contribution in [0.2, 0.25) is 0 Å². The number of carbonyl (C=O) groups is 1. The van der Waals surface area contributed by atoms with E-state index >= 15 is 0 Å². The van der Waals surface area contributed by atoms with E-state index in [0.717, 1.165) is 16.7 Å². The van der Waals surface area contributed by atoms with E-state index in [-0.39, 0.29) is 36.7 Å². The Morgan fingerprint density at radius 3 is 2.24 bits per heavy atom. The molecular formula is C35H38N2O4. The fraction of sp³-hybridized carbons (Fsp3) is 0.286. The number of carbonyl (C=O) groups excluding carboxylic acids is 1. The summed E-state index contributed by atoms with van der Waals surface area (Å²) < 4.78 is 13.3. The van der Waals surface area contributed by atoms with Crippen molar-refractivity contribution in [1.82, 2.24) is 4.90 Å². The molecule has 5 atom stereocenters. The molecule has 0 spiro atoms. The van der Waals surface area contributed by atoms with Crippen molar-refractivity contribution >= 4 is 11.6 Å². The molecule has 6 heteroatoms. The summed E-state index contributed by atoms with van der Waals surface area (Å²) in [6, 6.07) is 35.4. The van der Waals surface area contributed by atoms with Gasteiger partial charge in [-0.2, -0.15) is 0 Å². The second-order valence-corrected chi connectivity index (χ2v) is 10.8. The highest BCUT2D eigenvalue weighted by Gasteiger charge is 2.39. The zero-order valence-electron chi connectivity index (χ0n) is 23.8. The van der Waals surface area contributed by atoms with E-state index in [1.54, 1.807) is 12.1 Å². The van der Waals surface area contributed by atoms with Crippen LogP contribution < -0.4 is 5.32 Å². The third-order valence-corrected chi connectivity index (χ3v) is 7.99. The molecule has 1 heterocycles. The van der Waals surface area contributed by atoms with Crippen molar-refractivity contribution in [2.45, 2.75) is 45.0 Å². The number of hydrogen-bond acceptors (Lipinski definition) is 5. The van der Waals surface area contributed by atoms with Gasteiger partial charge in [0.2, 0.25) is 0 Å². The second kappa shape index (κ2) is 13.2. The lowest BCUT2D eigenvalue weighted by molar-refractivity contribution is -0.276. The lowest BCUT2D eigenvalue weighted by atomic mass is 9.89. The van der Waals surface area contributed by atoms with Gasteiger partial charge in [0.05, 0.1) is 18.8 Å². The number of amides is 1. The molecule has 1 aliphatic heterocycles. The lowest BCUT2D eigenvalue weighted by Crippen LogP contribution is -2.44. The minimum absolute atomic E-state index is 0.000614. The maximum Gasteiger partial charge on any atom is 0.255 e. The number of rotatable bonds is 9. The highest BCUT2D eigenvalue weighted by molar-refractivity contribution is 6.04. The van der Waals surface area contributed by atoms with Crippen LogP contribution in [0.5, 0.6) is 0 Å². The van der Waals surface area contributed by atoms with Crippen LogP contribution in [0.3, 0.4) is 0 Å². The Hall–Kier alpha value is -3.81. The molecule has 5 rings (SSSR count). The summed E-state index contributed by atoms with van der Waals surface area (Å²) in [5, 5.41) is 12.5. The summed E-state index contributed by atoms with van der Waals surface area (Å²) in [6.45, 7) is 5.09. The van der Waals surface area contributed by atoms with Gasteiger partial charge in [0.1, 0.15) is 0 Å². The van der Waals surface area contributed by atoms with Crippen LogP contribution in [0, 0.1) is 5.92 Å². The van der Waals surface area contributed by atoms with E-state index in [1.807, 2.05) is 72.8 Å². The maximum absolute atomic E-state index is 12.8. The summed E-state index contributed by atoms with van der Waals surface area (Å²) in [7, 11) is 2.13. The van der Waals surface area contributed by atoms with E-state index in [2.05, 4.69) is 55.4 Å². The first kappa shape index (κ1) is 28.7. The Bertz CT molecular complexity index is 1410. The first-order chi connectivity index (χ1) is 19.9. The maximum atomic E-state index is 12.8. The normalized spacial score (nSPS) is 21.4. The summed E-state index contributed by atoms with van der Waals surface area (Å²) in [5.41, 5.74) is 5.27. The average molecular weight is 551 g/mol. The van der Waals surface area contributed by atoms with Gasteiger partial charge in [-0.1, -0.05) is 91.9 Å². The Labute approximate surface area is 242 Å². The third-order valence-electron chi connectivity index (χ3n) is 7.99. The zero-order valence-corrected chi connectivity index (χ0v) is 23.8. The number of nitrogens with one attached hydrogen (secondary N) is 1. The van der Waals surface area contributed by atoms with E-state index < -0.39 is 6.29 Å². The van der Waals surface area contributed by atoms with Crippen LogP contribution in [0.15, 0.2) is 109 Å². The number of aliphatic hydroxyl groups excluding tert-OH is 1. The molecule has 0 bridgehead atoms. The number of hydrogen-bond donors (Lipinski definition) is 2. The molecule has 4 aromatic rings. The van der Waals surface area contributed by atoms with Crippen molar-refractivity contribution in [2.24, 2.45) is 5.92 Å². The van der Waals surface area contributed by atoms with Crippen molar-refractivity contribution in [3.63, 3.8) is 0 Å². The molecule has 2 N–H and O–H groups in total. The first-order valence-corrected chi connectivity index (χ1v) is 14.1. The minimum Gasteiger partial charge on any atom is -0.392 e. The van der Waals surface area contributed by atoms with Crippen molar-refractivity contribution in [1.29, 1.82) is 0 Å². The standard InChI is InChI=1S/C35H38N2O4/c1-24-32(22-37(3)25(2)27-11-6-4-7-12-27)40-35(41-33(24)28-19-17-26(23-38)18-20-28)30-15-10-16-31(21-30)36-34(39)29-13-8-5-9-14-29/h4-21,24-25,32-33,35,38H,22-23H2,1-3H3,(H,36,39). The van der Waals surface area contributed by atoms with Crippen molar-refractivity contribution in [2.75, 3.05) is 18.9 Å². The number of likely N-dealkylation sites (N-methyl/N-ethyl adjacent to an activating group) is 1. The summed E-state index contributed by atoms with van der Waals surface area (Å²) in [5.74, 6) is -0.101. The number of anilines is 1. The summed E-state index contributed by atoms with van der Waals surface area (Å²) in [6.07, 6.45) is -0.947. The average Bonchev–Trinajstić information content (AvgIpc) is 3.02. The zero-order chi connectivity index (χ0) is 28.8. The lowest BCUT2D eigenvalue weighted by Gasteiger charge is -2.43. The molecule has 212 valence electrons. The van der Waals surface area contributed by atoms with Gasteiger partial charge in [-0.05, 0) is 54.9 Å². The summed E-state index contributed by atoms with van der Waals surface area (Å²) in [4.78, 5) is 15.1. The van der Waals surface area contributed by atoms with Gasteiger partial charge in [0.15, 0.2) is 6.29 Å². The molecule has 1 fully saturated rings. The van der Waals surface area contributed by atoms with Gasteiger partial charge in [0.25, 0.3) is 5.91 Å². The van der Waals surface area contributed by atoms with Crippen molar-refractivity contribution in [3.05, 3.63) is 137 Å². The van der Waals surface area contributed by atoms with Gasteiger partial charge in [-0.15, -0.1) is 0 Å². The van der Waals surface area contributed by atoms with Crippen molar-refractivity contribution in [3.8, 4) is 0 Å². The SMILES string of the molecule is CC1C(CN(C)C(C)c2ccccc2)OC(c2cccc(NC(=O)c3ccccc3)c2)OC1c1ccc(CO)cc1. The molecule has 0 saturated carbocycles. The number of benzene rings is 4. The van der Waals surface area contributed by atoms with Gasteiger partial charge in [-0.3, -0.25) is 9.69 Å². The summed E-state index contributed by atoms with van der Waals surface area (Å²) >= 11 is 0. The minimum atomic E-state index is -0.618. The van der Waals surface area contributed by atoms with Gasteiger partial charge < -0.3 is 19.9 Å². The Kier molecular flexibility index (Phi) is 9.27. The molecule has 4 aromatic carbocycles. The quantitative estimate of drug-likeness (QED) is 0.237. The second-order valence-electron chi connectivity index (χ2n) is 10.8. The predicted octanol–water partition coefficient (Wildman–Crippen LogP) is 6.92. The topological polar surface area (TPSA) is 71.0 Å². The van der Waals surface area contributed by atoms with Crippen LogP contribution in [0.25, 0.3) is 0 Å². The van der Waals surface area contributed by atoms with E-state index in [0.29, 0.717) is 17.8 Å². The smallest absolute Gasteiger partial charge is 0.255 e. The largest absolute Gasteiger partial charge is 0.392 e. The number of ether oxygens (including phenoxy) is 2. The van der Waals surface area contributed by atoms with Crippen LogP contribution in [0.1, 0.15) is 64.9 Å². The molecule has 41 heavy (non-hydrogen) atoms. The first-order valence-electron chi connectivity index (χ1n) is 14.1. The monoisotopic (exact) mass is 550 g/mol. The van der Waals surface area contributed by atoms with Gasteiger partial charge in [0, 0.05) is 35.3 Å². The van der Waals surface area contributed by atoms with Crippen molar-refractivity contribution < 1.29 is 19.4 Å². The molecule has 1 saturated heterocycles. The highest BCUT2D eigenvalue weighted by Crippen LogP contribution is 2.42. The number of nitrogens with zero attached hydrogens (tertiary/aromatic N) is 1. The predicted molar refractivity (Wildman–Crippen MR) is 161 cm³/mol. The van der Waals surface area contributed by atoms with Gasteiger partial charge in [-0.25, -0.2) is 0 Å². The van der Waals surface area contributed by atoms with E-state index in [1.165, 1.54) is 5.56 Å². The molecule has 0 radical (unpaired) electrons. The van der Waals surface area contributed by atoms with Crippen LogP contribution in [-0.2, 0) is 16.1 Å². The Morgan fingerprint density at radius 1 is 0.878 bits per heavy atom. The van der Waals surface area contributed by atoms with Crippen LogP contribution >= 0.6 is 0 Å². The molecule has 0 aromatic heterocycles.